The molecular weight excluding hydrogens is 226 g/mol. The number of hydrogen-bond acceptors (Lipinski definition) is 3. The van der Waals surface area contributed by atoms with Crippen molar-refractivity contribution in [2.45, 2.75) is 4.90 Å². The van der Waals surface area contributed by atoms with Gasteiger partial charge in [0.15, 0.2) is 0 Å². The number of carbonyl (C=O) groups is 1. The number of hydrogen-bond donors (Lipinski definition) is 1. The van der Waals surface area contributed by atoms with Gasteiger partial charge in [-0.25, -0.2) is 0 Å². The lowest BCUT2D eigenvalue weighted by atomic mass is 10.2. The highest BCUT2D eigenvalue weighted by Crippen LogP contribution is 2.14. The molecule has 0 N–H and O–H groups in total. The Hall–Kier alpha value is -0.610. The lowest BCUT2D eigenvalue weighted by Gasteiger charge is -2.26. The van der Waals surface area contributed by atoms with Crippen LogP contribution in [0.2, 0.25) is 0 Å². The molecule has 1 fully saturated rings. The molecule has 2 rings (SSSR count). The fourth-order valence-electron chi connectivity index (χ4n) is 1.55. The minimum atomic E-state index is 0.142. The Kier molecular flexibility index (Phi) is 3.59. The van der Waals surface area contributed by atoms with Gasteiger partial charge in [-0.1, -0.05) is 0 Å². The lowest BCUT2D eigenvalue weighted by molar-refractivity contribution is 0.0772. The fraction of sp³-hybridized carbons (Fsp3) is 0.364. The molecule has 0 radical (unpaired) electrons. The molecule has 4 heteroatoms. The van der Waals surface area contributed by atoms with E-state index < -0.39 is 0 Å². The Morgan fingerprint density at radius 3 is 2.40 bits per heavy atom. The molecule has 1 aromatic rings. The highest BCUT2D eigenvalue weighted by molar-refractivity contribution is 7.99. The lowest BCUT2D eigenvalue weighted by Crippen LogP contribution is -2.37. The third-order valence-electron chi connectivity index (χ3n) is 2.41. The largest absolute Gasteiger partial charge is 0.337 e. The van der Waals surface area contributed by atoms with Crippen molar-refractivity contribution in [1.29, 1.82) is 0 Å². The summed E-state index contributed by atoms with van der Waals surface area (Å²) in [6, 6.07) is 7.39. The van der Waals surface area contributed by atoms with Crippen molar-refractivity contribution in [3.05, 3.63) is 29.8 Å². The van der Waals surface area contributed by atoms with Crippen molar-refractivity contribution in [3.8, 4) is 0 Å². The molecule has 0 aromatic heterocycles. The predicted octanol–water partition coefficient (Wildman–Crippen LogP) is 2.16. The van der Waals surface area contributed by atoms with Gasteiger partial charge in [0.05, 0.1) is 0 Å². The number of thioether (sulfide) groups is 1. The van der Waals surface area contributed by atoms with Crippen LogP contribution in [0, 0.1) is 0 Å². The van der Waals surface area contributed by atoms with Gasteiger partial charge in [0.25, 0.3) is 5.91 Å². The zero-order chi connectivity index (χ0) is 10.7. The van der Waals surface area contributed by atoms with Crippen LogP contribution in [-0.2, 0) is 0 Å². The number of amides is 1. The Morgan fingerprint density at radius 2 is 1.80 bits per heavy atom. The van der Waals surface area contributed by atoms with Crippen molar-refractivity contribution >= 4 is 30.3 Å². The zero-order valence-corrected chi connectivity index (χ0v) is 10.1. The van der Waals surface area contributed by atoms with E-state index in [9.17, 15) is 4.79 Å². The average Bonchev–Trinajstić information content (AvgIpc) is 2.30. The average molecular weight is 239 g/mol. The topological polar surface area (TPSA) is 20.3 Å². The summed E-state index contributed by atoms with van der Waals surface area (Å²) in [6.45, 7) is 1.73. The quantitative estimate of drug-likeness (QED) is 0.758. The molecule has 2 nitrogen and oxygen atoms in total. The second kappa shape index (κ2) is 4.94. The number of thiol groups is 1. The van der Waals surface area contributed by atoms with E-state index in [1.165, 1.54) is 0 Å². The van der Waals surface area contributed by atoms with Crippen LogP contribution in [0.5, 0.6) is 0 Å². The summed E-state index contributed by atoms with van der Waals surface area (Å²) >= 11 is 6.11. The molecular formula is C11H13NOS2. The molecule has 0 saturated carbocycles. The van der Waals surface area contributed by atoms with Crippen molar-refractivity contribution in [1.82, 2.24) is 4.90 Å². The third kappa shape index (κ3) is 2.69. The first kappa shape index (κ1) is 10.9. The maximum absolute atomic E-state index is 12.0. The number of benzene rings is 1. The number of carbonyl (C=O) groups excluding carboxylic acids is 1. The second-order valence-corrected chi connectivity index (χ2v) is 5.19. The van der Waals surface area contributed by atoms with Gasteiger partial charge in [0, 0.05) is 35.1 Å². The summed E-state index contributed by atoms with van der Waals surface area (Å²) in [4.78, 5) is 14.8. The molecule has 15 heavy (non-hydrogen) atoms. The first-order valence-electron chi connectivity index (χ1n) is 4.93. The van der Waals surface area contributed by atoms with Crippen LogP contribution in [0.25, 0.3) is 0 Å². The minimum absolute atomic E-state index is 0.142. The molecule has 0 bridgehead atoms. The van der Waals surface area contributed by atoms with Gasteiger partial charge >= 0.3 is 0 Å². The van der Waals surface area contributed by atoms with Crippen molar-refractivity contribution in [2.24, 2.45) is 0 Å². The van der Waals surface area contributed by atoms with E-state index in [0.717, 1.165) is 35.1 Å². The van der Waals surface area contributed by atoms with Crippen LogP contribution in [0.15, 0.2) is 29.2 Å². The standard InChI is InChI=1S/C11H13NOS2/c13-11(12-5-7-15-8-6-12)9-1-3-10(14)4-2-9/h1-4,14H,5-8H2. The zero-order valence-electron chi connectivity index (χ0n) is 8.35. The Bertz CT molecular complexity index is 344. The molecule has 1 heterocycles. The minimum Gasteiger partial charge on any atom is -0.337 e. The summed E-state index contributed by atoms with van der Waals surface area (Å²) < 4.78 is 0. The normalized spacial score (nSPS) is 16.5. The molecule has 0 unspecified atom stereocenters. The Balaban J connectivity index is 2.09. The first-order chi connectivity index (χ1) is 7.27. The van der Waals surface area contributed by atoms with E-state index >= 15 is 0 Å². The maximum atomic E-state index is 12.0. The van der Waals surface area contributed by atoms with E-state index in [-0.39, 0.29) is 5.91 Å². The van der Waals surface area contributed by atoms with Gasteiger partial charge in [-0.2, -0.15) is 11.8 Å². The summed E-state index contributed by atoms with van der Waals surface area (Å²) in [7, 11) is 0. The molecule has 1 saturated heterocycles. The predicted molar refractivity (Wildman–Crippen MR) is 66.9 cm³/mol. The third-order valence-corrected chi connectivity index (χ3v) is 3.65. The van der Waals surface area contributed by atoms with E-state index in [0.29, 0.717) is 0 Å². The van der Waals surface area contributed by atoms with Crippen molar-refractivity contribution in [3.63, 3.8) is 0 Å². The molecule has 1 amide bonds. The smallest absolute Gasteiger partial charge is 0.253 e. The molecule has 0 aliphatic carbocycles. The SMILES string of the molecule is O=C(c1ccc(S)cc1)N1CCSCC1. The van der Waals surface area contributed by atoms with Crippen molar-refractivity contribution in [2.75, 3.05) is 24.6 Å². The van der Waals surface area contributed by atoms with E-state index in [2.05, 4.69) is 12.6 Å². The van der Waals surface area contributed by atoms with Gasteiger partial charge < -0.3 is 4.90 Å². The van der Waals surface area contributed by atoms with Crippen LogP contribution >= 0.6 is 24.4 Å². The summed E-state index contributed by atoms with van der Waals surface area (Å²) in [5.41, 5.74) is 0.764. The van der Waals surface area contributed by atoms with Gasteiger partial charge in [-0.15, -0.1) is 12.6 Å². The summed E-state index contributed by atoms with van der Waals surface area (Å²) in [5, 5.41) is 0. The highest BCUT2D eigenvalue weighted by atomic mass is 32.2. The van der Waals surface area contributed by atoms with Crippen LogP contribution in [-0.4, -0.2) is 35.4 Å². The maximum Gasteiger partial charge on any atom is 0.253 e. The van der Waals surface area contributed by atoms with Crippen LogP contribution in [0.3, 0.4) is 0 Å². The molecule has 1 aliphatic rings. The number of rotatable bonds is 1. The van der Waals surface area contributed by atoms with Gasteiger partial charge in [-0.3, -0.25) is 4.79 Å². The monoisotopic (exact) mass is 239 g/mol. The van der Waals surface area contributed by atoms with Crippen LogP contribution in [0.1, 0.15) is 10.4 Å². The molecule has 0 atom stereocenters. The van der Waals surface area contributed by atoms with Gasteiger partial charge in [-0.05, 0) is 24.3 Å². The van der Waals surface area contributed by atoms with Crippen LogP contribution < -0.4 is 0 Å². The summed E-state index contributed by atoms with van der Waals surface area (Å²) in [5.74, 6) is 2.25. The van der Waals surface area contributed by atoms with E-state index in [1.807, 2.05) is 40.9 Å². The van der Waals surface area contributed by atoms with Gasteiger partial charge in [0.1, 0.15) is 0 Å². The fourth-order valence-corrected chi connectivity index (χ4v) is 2.61. The Morgan fingerprint density at radius 1 is 1.20 bits per heavy atom. The molecule has 80 valence electrons. The molecule has 1 aliphatic heterocycles. The van der Waals surface area contributed by atoms with Crippen LogP contribution in [0.4, 0.5) is 0 Å². The molecule has 1 aromatic carbocycles. The van der Waals surface area contributed by atoms with E-state index in [1.54, 1.807) is 0 Å². The van der Waals surface area contributed by atoms with Crippen molar-refractivity contribution < 1.29 is 4.79 Å². The van der Waals surface area contributed by atoms with E-state index in [4.69, 9.17) is 0 Å². The Labute approximate surface area is 99.4 Å². The highest BCUT2D eigenvalue weighted by Gasteiger charge is 2.17. The number of nitrogens with zero attached hydrogens (tertiary/aromatic N) is 1. The summed E-state index contributed by atoms with van der Waals surface area (Å²) in [6.07, 6.45) is 0. The van der Waals surface area contributed by atoms with Gasteiger partial charge in [0.2, 0.25) is 0 Å². The first-order valence-corrected chi connectivity index (χ1v) is 6.53. The molecule has 0 spiro atoms. The second-order valence-electron chi connectivity index (χ2n) is 3.45.